The Hall–Kier alpha value is -2.07. The van der Waals surface area contributed by atoms with Crippen LogP contribution >= 0.6 is 0 Å². The first-order valence-corrected chi connectivity index (χ1v) is 7.09. The first-order chi connectivity index (χ1) is 10.3. The van der Waals surface area contributed by atoms with E-state index in [2.05, 4.69) is 12.2 Å². The van der Waals surface area contributed by atoms with Crippen molar-refractivity contribution in [1.29, 1.82) is 0 Å². The molecule has 4 heteroatoms. The summed E-state index contributed by atoms with van der Waals surface area (Å²) >= 11 is 0. The maximum Gasteiger partial charge on any atom is 0.126 e. The molecule has 3 nitrogen and oxygen atoms in total. The minimum Gasteiger partial charge on any atom is -0.490 e. The normalized spacial score (nSPS) is 10.4. The summed E-state index contributed by atoms with van der Waals surface area (Å²) < 4.78 is 24.2. The van der Waals surface area contributed by atoms with E-state index in [0.29, 0.717) is 19.0 Å². The molecule has 0 radical (unpaired) electrons. The molecule has 2 aromatic rings. The molecule has 0 amide bonds. The minimum atomic E-state index is -0.301. The SMILES string of the molecule is CCNCc1ccccc1OCCOc1cccc(F)c1. The molecular weight excluding hydrogens is 269 g/mol. The van der Waals surface area contributed by atoms with Crippen LogP contribution in [0.2, 0.25) is 0 Å². The number of nitrogens with one attached hydrogen (secondary N) is 1. The van der Waals surface area contributed by atoms with Crippen LogP contribution in [-0.2, 0) is 6.54 Å². The number of rotatable bonds is 8. The average molecular weight is 289 g/mol. The number of hydrogen-bond acceptors (Lipinski definition) is 3. The zero-order valence-electron chi connectivity index (χ0n) is 12.1. The largest absolute Gasteiger partial charge is 0.490 e. The van der Waals surface area contributed by atoms with Gasteiger partial charge < -0.3 is 14.8 Å². The van der Waals surface area contributed by atoms with Crippen molar-refractivity contribution in [3.63, 3.8) is 0 Å². The van der Waals surface area contributed by atoms with Crippen molar-refractivity contribution < 1.29 is 13.9 Å². The number of hydrogen-bond donors (Lipinski definition) is 1. The molecule has 0 fully saturated rings. The van der Waals surface area contributed by atoms with E-state index in [9.17, 15) is 4.39 Å². The van der Waals surface area contributed by atoms with Crippen LogP contribution < -0.4 is 14.8 Å². The second kappa shape index (κ2) is 8.27. The van der Waals surface area contributed by atoms with Crippen molar-refractivity contribution in [3.05, 3.63) is 59.9 Å². The van der Waals surface area contributed by atoms with E-state index >= 15 is 0 Å². The highest BCUT2D eigenvalue weighted by atomic mass is 19.1. The summed E-state index contributed by atoms with van der Waals surface area (Å²) in [5.41, 5.74) is 1.12. The smallest absolute Gasteiger partial charge is 0.126 e. The Morgan fingerprint density at radius 1 is 1.00 bits per heavy atom. The molecule has 2 aromatic carbocycles. The van der Waals surface area contributed by atoms with Crippen LogP contribution in [0, 0.1) is 5.82 Å². The molecule has 0 aliphatic carbocycles. The molecule has 0 aliphatic rings. The predicted molar refractivity (Wildman–Crippen MR) is 81.2 cm³/mol. The van der Waals surface area contributed by atoms with Gasteiger partial charge in [-0.1, -0.05) is 31.2 Å². The van der Waals surface area contributed by atoms with Gasteiger partial charge in [-0.15, -0.1) is 0 Å². The van der Waals surface area contributed by atoms with Gasteiger partial charge in [0.25, 0.3) is 0 Å². The van der Waals surface area contributed by atoms with E-state index in [1.807, 2.05) is 24.3 Å². The molecule has 0 aliphatic heterocycles. The van der Waals surface area contributed by atoms with Crippen LogP contribution in [0.3, 0.4) is 0 Å². The highest BCUT2D eigenvalue weighted by Crippen LogP contribution is 2.18. The summed E-state index contributed by atoms with van der Waals surface area (Å²) in [6, 6.07) is 14.0. The van der Waals surface area contributed by atoms with Crippen LogP contribution in [0.5, 0.6) is 11.5 Å². The number of halogens is 1. The topological polar surface area (TPSA) is 30.5 Å². The van der Waals surface area contributed by atoms with Crippen LogP contribution in [0.1, 0.15) is 12.5 Å². The summed E-state index contributed by atoms with van der Waals surface area (Å²) in [7, 11) is 0. The molecule has 112 valence electrons. The Morgan fingerprint density at radius 2 is 1.81 bits per heavy atom. The lowest BCUT2D eigenvalue weighted by atomic mass is 10.2. The Balaban J connectivity index is 1.80. The quantitative estimate of drug-likeness (QED) is 0.756. The zero-order valence-corrected chi connectivity index (χ0v) is 12.1. The molecular formula is C17H20FNO2. The molecule has 0 saturated carbocycles. The van der Waals surface area contributed by atoms with Gasteiger partial charge in [-0.3, -0.25) is 0 Å². The fourth-order valence-electron chi connectivity index (χ4n) is 1.92. The van der Waals surface area contributed by atoms with Crippen LogP contribution in [0.25, 0.3) is 0 Å². The minimum absolute atomic E-state index is 0.301. The Kier molecular flexibility index (Phi) is 6.03. The van der Waals surface area contributed by atoms with Gasteiger partial charge in [0.1, 0.15) is 30.5 Å². The van der Waals surface area contributed by atoms with Crippen LogP contribution in [-0.4, -0.2) is 19.8 Å². The van der Waals surface area contributed by atoms with Gasteiger partial charge in [-0.05, 0) is 24.7 Å². The van der Waals surface area contributed by atoms with Gasteiger partial charge in [0, 0.05) is 18.2 Å². The average Bonchev–Trinajstić information content (AvgIpc) is 2.50. The molecule has 0 unspecified atom stereocenters. The Morgan fingerprint density at radius 3 is 2.62 bits per heavy atom. The van der Waals surface area contributed by atoms with E-state index < -0.39 is 0 Å². The summed E-state index contributed by atoms with van der Waals surface area (Å²) in [6.45, 7) is 4.55. The van der Waals surface area contributed by atoms with Crippen molar-refractivity contribution in [2.24, 2.45) is 0 Å². The van der Waals surface area contributed by atoms with E-state index in [4.69, 9.17) is 9.47 Å². The van der Waals surface area contributed by atoms with Gasteiger partial charge in [0.15, 0.2) is 0 Å². The van der Waals surface area contributed by atoms with Crippen molar-refractivity contribution in [3.8, 4) is 11.5 Å². The molecule has 0 heterocycles. The van der Waals surface area contributed by atoms with Gasteiger partial charge in [0.05, 0.1) is 0 Å². The first kappa shape index (κ1) is 15.3. The number of ether oxygens (including phenoxy) is 2. The van der Waals surface area contributed by atoms with Crippen LogP contribution in [0.4, 0.5) is 4.39 Å². The van der Waals surface area contributed by atoms with Crippen molar-refractivity contribution >= 4 is 0 Å². The van der Waals surface area contributed by atoms with Gasteiger partial charge in [-0.2, -0.15) is 0 Å². The third-order valence-corrected chi connectivity index (χ3v) is 2.94. The molecule has 0 saturated heterocycles. The Labute approximate surface area is 124 Å². The molecule has 2 rings (SSSR count). The lowest BCUT2D eigenvalue weighted by Crippen LogP contribution is -2.14. The molecule has 21 heavy (non-hydrogen) atoms. The van der Waals surface area contributed by atoms with E-state index in [1.165, 1.54) is 12.1 Å². The maximum atomic E-state index is 13.0. The van der Waals surface area contributed by atoms with Crippen LogP contribution in [0.15, 0.2) is 48.5 Å². The summed E-state index contributed by atoms with van der Waals surface area (Å²) in [4.78, 5) is 0. The highest BCUT2D eigenvalue weighted by Gasteiger charge is 2.02. The number of para-hydroxylation sites is 1. The predicted octanol–water partition coefficient (Wildman–Crippen LogP) is 3.39. The van der Waals surface area contributed by atoms with Gasteiger partial charge >= 0.3 is 0 Å². The van der Waals surface area contributed by atoms with Crippen molar-refractivity contribution in [2.45, 2.75) is 13.5 Å². The third kappa shape index (κ3) is 5.08. The highest BCUT2D eigenvalue weighted by molar-refractivity contribution is 5.33. The molecule has 1 N–H and O–H groups in total. The van der Waals surface area contributed by atoms with Crippen molar-refractivity contribution in [2.75, 3.05) is 19.8 Å². The molecule has 0 bridgehead atoms. The van der Waals surface area contributed by atoms with E-state index in [-0.39, 0.29) is 5.82 Å². The lowest BCUT2D eigenvalue weighted by molar-refractivity contribution is 0.215. The summed E-state index contributed by atoms with van der Waals surface area (Å²) in [5.74, 6) is 1.06. The van der Waals surface area contributed by atoms with Gasteiger partial charge in [-0.25, -0.2) is 4.39 Å². The summed E-state index contributed by atoms with van der Waals surface area (Å²) in [6.07, 6.45) is 0. The standard InChI is InChI=1S/C17H20FNO2/c1-2-19-13-14-6-3-4-9-17(14)21-11-10-20-16-8-5-7-15(18)12-16/h3-9,12,19H,2,10-11,13H2,1H3. The zero-order chi connectivity index (χ0) is 14.9. The van der Waals surface area contributed by atoms with Gasteiger partial charge in [0.2, 0.25) is 0 Å². The molecule has 0 spiro atoms. The maximum absolute atomic E-state index is 13.0. The van der Waals surface area contributed by atoms with E-state index in [1.54, 1.807) is 12.1 Å². The summed E-state index contributed by atoms with van der Waals surface area (Å²) in [5, 5.41) is 3.27. The van der Waals surface area contributed by atoms with Crippen molar-refractivity contribution in [1.82, 2.24) is 5.32 Å². The number of benzene rings is 2. The molecule has 0 aromatic heterocycles. The second-order valence-electron chi connectivity index (χ2n) is 4.54. The van der Waals surface area contributed by atoms with E-state index in [0.717, 1.165) is 24.4 Å². The Bertz CT molecular complexity index is 560. The monoisotopic (exact) mass is 289 g/mol. The lowest BCUT2D eigenvalue weighted by Gasteiger charge is -2.12. The first-order valence-electron chi connectivity index (χ1n) is 7.09. The fourth-order valence-corrected chi connectivity index (χ4v) is 1.92. The third-order valence-electron chi connectivity index (χ3n) is 2.94. The second-order valence-corrected chi connectivity index (χ2v) is 4.54. The fraction of sp³-hybridized carbons (Fsp3) is 0.294. The molecule has 0 atom stereocenters.